The molecule has 49 heavy (non-hydrogen) atoms. The normalized spacial score (nSPS) is 11.6. The number of carbonyl (C=O) groups excluding carboxylic acids is 3. The van der Waals surface area contributed by atoms with E-state index in [0.29, 0.717) is 22.6 Å². The van der Waals surface area contributed by atoms with E-state index in [4.69, 9.17) is 16.3 Å². The molecule has 5 aromatic carbocycles. The first-order valence-electron chi connectivity index (χ1n) is 14.9. The summed E-state index contributed by atoms with van der Waals surface area (Å²) in [6.07, 6.45) is 1.56. The second-order valence-corrected chi connectivity index (χ2v) is 12.1. The van der Waals surface area contributed by atoms with Crippen LogP contribution in [0.25, 0.3) is 6.08 Å². The van der Waals surface area contributed by atoms with E-state index in [1.807, 2.05) is 30.3 Å². The quantitative estimate of drug-likeness (QED) is 0.0771. The number of amides is 3. The number of benzene rings is 5. The van der Waals surface area contributed by atoms with E-state index in [0.717, 1.165) is 10.5 Å². The van der Waals surface area contributed by atoms with Gasteiger partial charge in [-0.1, -0.05) is 72.3 Å². The molecule has 3 amide bonds. The number of methoxy groups -OCH3 is 1. The maximum Gasteiger partial charge on any atom is 0.335 e. The summed E-state index contributed by atoms with van der Waals surface area (Å²) in [5.41, 5.74) is 2.40. The van der Waals surface area contributed by atoms with Crippen molar-refractivity contribution in [3.63, 3.8) is 0 Å². The summed E-state index contributed by atoms with van der Waals surface area (Å²) in [7, 11) is 1.54. The number of thioether (sulfide) groups is 1. The van der Waals surface area contributed by atoms with Gasteiger partial charge >= 0.3 is 5.97 Å². The molecule has 0 aliphatic rings. The van der Waals surface area contributed by atoms with Crippen molar-refractivity contribution in [1.82, 2.24) is 5.32 Å². The van der Waals surface area contributed by atoms with Crippen LogP contribution in [0.2, 0.25) is 5.02 Å². The SMILES string of the molecule is COc1cccc(/C=C(\NC(=O)c2ccccc2)C(=O)Nc2ccc(SC(C(=O)Nc3cc(C(=O)O)ccc3Cl)c3ccccc3)cc2)c1. The molecule has 0 saturated heterocycles. The van der Waals surface area contributed by atoms with Crippen LogP contribution in [0.1, 0.15) is 37.1 Å². The Morgan fingerprint density at radius 2 is 1.47 bits per heavy atom. The number of carbonyl (C=O) groups is 4. The van der Waals surface area contributed by atoms with E-state index in [2.05, 4.69) is 16.0 Å². The van der Waals surface area contributed by atoms with Gasteiger partial charge in [-0.25, -0.2) is 4.79 Å². The van der Waals surface area contributed by atoms with Crippen LogP contribution < -0.4 is 20.7 Å². The summed E-state index contributed by atoms with van der Waals surface area (Å²) in [5.74, 6) is -1.95. The van der Waals surface area contributed by atoms with Crippen LogP contribution in [0.5, 0.6) is 5.75 Å². The maximum absolute atomic E-state index is 13.6. The molecular formula is C38H30ClN3O6S. The Morgan fingerprint density at radius 3 is 2.14 bits per heavy atom. The minimum absolute atomic E-state index is 0.0117. The number of carboxylic acid groups (broad SMARTS) is 1. The number of ether oxygens (including phenoxy) is 1. The van der Waals surface area contributed by atoms with Gasteiger partial charge in [0.2, 0.25) is 5.91 Å². The lowest BCUT2D eigenvalue weighted by atomic mass is 10.1. The Balaban J connectivity index is 1.35. The van der Waals surface area contributed by atoms with E-state index in [1.54, 1.807) is 92.0 Å². The fourth-order valence-electron chi connectivity index (χ4n) is 4.64. The molecule has 1 unspecified atom stereocenters. The van der Waals surface area contributed by atoms with E-state index >= 15 is 0 Å². The number of hydrogen-bond donors (Lipinski definition) is 4. The van der Waals surface area contributed by atoms with Crippen molar-refractivity contribution in [2.45, 2.75) is 10.1 Å². The third-order valence-electron chi connectivity index (χ3n) is 7.11. The number of carboxylic acids is 1. The highest BCUT2D eigenvalue weighted by atomic mass is 35.5. The summed E-state index contributed by atoms with van der Waals surface area (Å²) < 4.78 is 5.30. The lowest BCUT2D eigenvalue weighted by molar-refractivity contribution is -0.116. The van der Waals surface area contributed by atoms with E-state index in [-0.39, 0.29) is 22.0 Å². The predicted molar refractivity (Wildman–Crippen MR) is 192 cm³/mol. The Labute approximate surface area is 292 Å². The van der Waals surface area contributed by atoms with Crippen LogP contribution in [-0.2, 0) is 9.59 Å². The van der Waals surface area contributed by atoms with Gasteiger partial charge in [0.05, 0.1) is 23.4 Å². The second kappa shape index (κ2) is 16.3. The van der Waals surface area contributed by atoms with Crippen molar-refractivity contribution in [2.75, 3.05) is 17.7 Å². The molecule has 0 radical (unpaired) electrons. The third-order valence-corrected chi connectivity index (χ3v) is 8.71. The molecule has 246 valence electrons. The molecule has 0 fully saturated rings. The van der Waals surface area contributed by atoms with Crippen molar-refractivity contribution < 1.29 is 29.0 Å². The summed E-state index contributed by atoms with van der Waals surface area (Å²) in [4.78, 5) is 52.3. The number of hydrogen-bond acceptors (Lipinski definition) is 6. The third kappa shape index (κ3) is 9.38. The summed E-state index contributed by atoms with van der Waals surface area (Å²) >= 11 is 7.54. The molecule has 11 heteroatoms. The van der Waals surface area contributed by atoms with Gasteiger partial charge in [0.15, 0.2) is 0 Å². The number of halogens is 1. The van der Waals surface area contributed by atoms with Crippen LogP contribution in [-0.4, -0.2) is 35.9 Å². The van der Waals surface area contributed by atoms with Gasteiger partial charge in [0.25, 0.3) is 11.8 Å². The monoisotopic (exact) mass is 691 g/mol. The highest BCUT2D eigenvalue weighted by molar-refractivity contribution is 8.00. The number of aromatic carboxylic acids is 1. The molecule has 0 aromatic heterocycles. The maximum atomic E-state index is 13.6. The largest absolute Gasteiger partial charge is 0.497 e. The van der Waals surface area contributed by atoms with Gasteiger partial charge < -0.3 is 25.8 Å². The summed E-state index contributed by atoms with van der Waals surface area (Å²) in [6.45, 7) is 0. The summed E-state index contributed by atoms with van der Waals surface area (Å²) in [5, 5.41) is 17.2. The molecule has 0 spiro atoms. The van der Waals surface area contributed by atoms with Gasteiger partial charge in [-0.3, -0.25) is 14.4 Å². The molecule has 5 aromatic rings. The molecule has 4 N–H and O–H groups in total. The van der Waals surface area contributed by atoms with Gasteiger partial charge in [-0.05, 0) is 83.9 Å². The molecule has 0 aliphatic carbocycles. The van der Waals surface area contributed by atoms with Crippen LogP contribution in [0, 0.1) is 0 Å². The van der Waals surface area contributed by atoms with E-state index in [1.165, 1.54) is 30.0 Å². The first-order valence-corrected chi connectivity index (χ1v) is 16.1. The second-order valence-electron chi connectivity index (χ2n) is 10.5. The number of rotatable bonds is 12. The molecular weight excluding hydrogens is 662 g/mol. The molecule has 5 rings (SSSR count). The van der Waals surface area contributed by atoms with E-state index < -0.39 is 28.9 Å². The van der Waals surface area contributed by atoms with Crippen molar-refractivity contribution >= 4 is 64.5 Å². The molecule has 0 heterocycles. The lowest BCUT2D eigenvalue weighted by Crippen LogP contribution is -2.30. The van der Waals surface area contributed by atoms with Gasteiger partial charge in [-0.15, -0.1) is 11.8 Å². The molecule has 9 nitrogen and oxygen atoms in total. The standard InChI is InChI=1S/C38H30ClN3O6S/c1-48-29-14-8-9-24(21-29)22-33(42-35(43)26-12-6-3-7-13-26)36(44)40-28-16-18-30(19-17-28)49-34(25-10-4-2-5-11-25)37(45)41-32-23-27(38(46)47)15-20-31(32)39/h2-23,34H,1H3,(H,40,44)(H,41,45)(H,42,43)(H,46,47)/b33-22-. The Morgan fingerprint density at radius 1 is 0.776 bits per heavy atom. The van der Waals surface area contributed by atoms with Crippen LogP contribution in [0.3, 0.4) is 0 Å². The zero-order chi connectivity index (χ0) is 34.8. The molecule has 1 atom stereocenters. The Hall–Kier alpha value is -5.84. The zero-order valence-electron chi connectivity index (χ0n) is 26.1. The first-order chi connectivity index (χ1) is 23.7. The van der Waals surface area contributed by atoms with Gasteiger partial charge in [0, 0.05) is 16.1 Å². The van der Waals surface area contributed by atoms with Gasteiger partial charge in [-0.2, -0.15) is 0 Å². The first kappa shape index (κ1) is 34.5. The van der Waals surface area contributed by atoms with Crippen LogP contribution in [0.4, 0.5) is 11.4 Å². The Bertz CT molecular complexity index is 2000. The van der Waals surface area contributed by atoms with Gasteiger partial charge in [0.1, 0.15) is 16.7 Å². The fraction of sp³-hybridized carbons (Fsp3) is 0.0526. The average Bonchev–Trinajstić information content (AvgIpc) is 3.12. The van der Waals surface area contributed by atoms with Crippen molar-refractivity contribution in [3.8, 4) is 5.75 Å². The Kier molecular flexibility index (Phi) is 11.5. The summed E-state index contributed by atoms with van der Waals surface area (Å²) in [6, 6.07) is 35.8. The van der Waals surface area contributed by atoms with Crippen LogP contribution in [0.15, 0.2) is 138 Å². The molecule has 0 saturated carbocycles. The minimum Gasteiger partial charge on any atom is -0.497 e. The zero-order valence-corrected chi connectivity index (χ0v) is 27.6. The molecule has 0 bridgehead atoms. The smallest absolute Gasteiger partial charge is 0.335 e. The van der Waals surface area contributed by atoms with E-state index in [9.17, 15) is 24.3 Å². The van der Waals surface area contributed by atoms with Crippen molar-refractivity contribution in [1.29, 1.82) is 0 Å². The predicted octanol–water partition coefficient (Wildman–Crippen LogP) is 7.93. The number of nitrogens with one attached hydrogen (secondary N) is 3. The highest BCUT2D eigenvalue weighted by Crippen LogP contribution is 2.37. The topological polar surface area (TPSA) is 134 Å². The van der Waals surface area contributed by atoms with Crippen LogP contribution >= 0.6 is 23.4 Å². The average molecular weight is 692 g/mol. The van der Waals surface area contributed by atoms with Crippen molar-refractivity contribution in [2.24, 2.45) is 0 Å². The lowest BCUT2D eigenvalue weighted by Gasteiger charge is -2.18. The molecule has 0 aliphatic heterocycles. The highest BCUT2D eigenvalue weighted by Gasteiger charge is 2.24. The minimum atomic E-state index is -1.14. The number of anilines is 2. The fourth-order valence-corrected chi connectivity index (χ4v) is 5.83. The van der Waals surface area contributed by atoms with Crippen molar-refractivity contribution in [3.05, 3.63) is 160 Å².